The van der Waals surface area contributed by atoms with Crippen molar-refractivity contribution in [3.63, 3.8) is 0 Å². The molecule has 3 saturated heterocycles. The molecule has 6 heteroatoms. The van der Waals surface area contributed by atoms with E-state index in [-0.39, 0.29) is 17.7 Å². The van der Waals surface area contributed by atoms with Crippen LogP contribution in [-0.2, 0) is 9.59 Å². The summed E-state index contributed by atoms with van der Waals surface area (Å²) < 4.78 is 0. The molecule has 0 aliphatic carbocycles. The van der Waals surface area contributed by atoms with Crippen LogP contribution in [0.2, 0.25) is 0 Å². The van der Waals surface area contributed by atoms with Crippen molar-refractivity contribution in [2.24, 2.45) is 5.92 Å². The molecule has 0 bridgehead atoms. The summed E-state index contributed by atoms with van der Waals surface area (Å²) in [5.74, 6) is 0.0430. The van der Waals surface area contributed by atoms with Gasteiger partial charge < -0.3 is 15.5 Å². The van der Waals surface area contributed by atoms with Crippen LogP contribution in [0.1, 0.15) is 12.8 Å². The van der Waals surface area contributed by atoms with Gasteiger partial charge in [0.05, 0.1) is 5.92 Å². The van der Waals surface area contributed by atoms with E-state index in [1.807, 2.05) is 4.90 Å². The Bertz CT molecular complexity index is 368. The number of carbonyl (C=O) groups is 2. The molecule has 2 unspecified atom stereocenters. The normalized spacial score (nSPS) is 32.6. The van der Waals surface area contributed by atoms with Gasteiger partial charge in [0, 0.05) is 58.3 Å². The molecule has 2 N–H and O–H groups in total. The van der Waals surface area contributed by atoms with Crippen LogP contribution in [0, 0.1) is 5.92 Å². The largest absolute Gasteiger partial charge is 0.355 e. The average Bonchev–Trinajstić information content (AvgIpc) is 3.08. The minimum Gasteiger partial charge on any atom is -0.355 e. The van der Waals surface area contributed by atoms with E-state index >= 15 is 0 Å². The molecule has 2 amide bonds. The van der Waals surface area contributed by atoms with E-state index in [1.165, 1.54) is 0 Å². The molecular formula is C13H22N4O2. The Morgan fingerprint density at radius 3 is 2.68 bits per heavy atom. The second-order valence-corrected chi connectivity index (χ2v) is 5.72. The van der Waals surface area contributed by atoms with E-state index < -0.39 is 0 Å². The van der Waals surface area contributed by atoms with Crippen molar-refractivity contribution < 1.29 is 9.59 Å². The van der Waals surface area contributed by atoms with Crippen molar-refractivity contribution in [3.8, 4) is 0 Å². The Labute approximate surface area is 113 Å². The molecular weight excluding hydrogens is 244 g/mol. The van der Waals surface area contributed by atoms with Gasteiger partial charge in [-0.15, -0.1) is 0 Å². The lowest BCUT2D eigenvalue weighted by atomic mass is 10.1. The van der Waals surface area contributed by atoms with Gasteiger partial charge >= 0.3 is 0 Å². The second kappa shape index (κ2) is 5.46. The maximum atomic E-state index is 12.3. The van der Waals surface area contributed by atoms with E-state index in [9.17, 15) is 9.59 Å². The number of hydrogen-bond donors (Lipinski definition) is 2. The molecule has 0 spiro atoms. The number of carbonyl (C=O) groups excluding carboxylic acids is 2. The summed E-state index contributed by atoms with van der Waals surface area (Å²) in [5, 5.41) is 6.10. The monoisotopic (exact) mass is 266 g/mol. The number of nitrogens with zero attached hydrogens (tertiary/aromatic N) is 2. The summed E-state index contributed by atoms with van der Waals surface area (Å²) in [4.78, 5) is 28.0. The Morgan fingerprint density at radius 1 is 1.21 bits per heavy atom. The third-order valence-corrected chi connectivity index (χ3v) is 4.47. The van der Waals surface area contributed by atoms with Crippen LogP contribution in [0.3, 0.4) is 0 Å². The van der Waals surface area contributed by atoms with Crippen LogP contribution in [0.15, 0.2) is 0 Å². The first-order chi connectivity index (χ1) is 9.24. The first kappa shape index (κ1) is 12.9. The van der Waals surface area contributed by atoms with E-state index in [0.717, 1.165) is 45.7 Å². The standard InChI is InChI=1S/C13H22N4O2/c18-12-7-10(8-15-12)13(19)17-4-1-11(9-17)16-5-2-14-3-6-16/h10-11,14H,1-9H2,(H,15,18). The topological polar surface area (TPSA) is 64.7 Å². The van der Waals surface area contributed by atoms with Gasteiger partial charge in [-0.1, -0.05) is 0 Å². The summed E-state index contributed by atoms with van der Waals surface area (Å²) in [5.41, 5.74) is 0. The first-order valence-corrected chi connectivity index (χ1v) is 7.24. The third-order valence-electron chi connectivity index (χ3n) is 4.47. The lowest BCUT2D eigenvalue weighted by Crippen LogP contribution is -2.49. The lowest BCUT2D eigenvalue weighted by molar-refractivity contribution is -0.135. The average molecular weight is 266 g/mol. The molecule has 3 aliphatic rings. The van der Waals surface area contributed by atoms with Crippen molar-refractivity contribution in [1.82, 2.24) is 20.4 Å². The molecule has 3 fully saturated rings. The van der Waals surface area contributed by atoms with Gasteiger partial charge in [-0.25, -0.2) is 0 Å². The number of rotatable bonds is 2. The lowest BCUT2D eigenvalue weighted by Gasteiger charge is -2.32. The van der Waals surface area contributed by atoms with Crippen LogP contribution in [0.4, 0.5) is 0 Å². The van der Waals surface area contributed by atoms with Gasteiger partial charge in [-0.05, 0) is 6.42 Å². The second-order valence-electron chi connectivity index (χ2n) is 5.72. The molecule has 2 atom stereocenters. The molecule has 0 aromatic heterocycles. The minimum absolute atomic E-state index is 0.0104. The fourth-order valence-corrected chi connectivity index (χ4v) is 3.33. The van der Waals surface area contributed by atoms with E-state index in [1.54, 1.807) is 0 Å². The van der Waals surface area contributed by atoms with Crippen LogP contribution < -0.4 is 10.6 Å². The predicted molar refractivity (Wildman–Crippen MR) is 70.5 cm³/mol. The van der Waals surface area contributed by atoms with E-state index in [4.69, 9.17) is 0 Å². The van der Waals surface area contributed by atoms with Crippen molar-refractivity contribution >= 4 is 11.8 Å². The SMILES string of the molecule is O=C1CC(C(=O)N2CCC(N3CCNCC3)C2)CN1. The predicted octanol–water partition coefficient (Wildman–Crippen LogP) is -1.37. The molecule has 3 aliphatic heterocycles. The number of amides is 2. The van der Waals surface area contributed by atoms with Crippen LogP contribution in [-0.4, -0.2) is 73.5 Å². The number of nitrogens with one attached hydrogen (secondary N) is 2. The van der Waals surface area contributed by atoms with Gasteiger partial charge in [-0.3, -0.25) is 14.5 Å². The van der Waals surface area contributed by atoms with Gasteiger partial charge in [-0.2, -0.15) is 0 Å². The van der Waals surface area contributed by atoms with Crippen molar-refractivity contribution in [2.45, 2.75) is 18.9 Å². The van der Waals surface area contributed by atoms with Gasteiger partial charge in [0.25, 0.3) is 0 Å². The Hall–Kier alpha value is -1.14. The number of likely N-dealkylation sites (tertiary alicyclic amines) is 1. The van der Waals surface area contributed by atoms with Gasteiger partial charge in [0.1, 0.15) is 0 Å². The smallest absolute Gasteiger partial charge is 0.228 e. The van der Waals surface area contributed by atoms with Crippen molar-refractivity contribution in [2.75, 3.05) is 45.8 Å². The van der Waals surface area contributed by atoms with Crippen LogP contribution in [0.5, 0.6) is 0 Å². The maximum absolute atomic E-state index is 12.3. The molecule has 3 rings (SSSR count). The zero-order valence-corrected chi connectivity index (χ0v) is 11.2. The Kier molecular flexibility index (Phi) is 3.70. The van der Waals surface area contributed by atoms with Crippen molar-refractivity contribution in [1.29, 1.82) is 0 Å². The highest BCUT2D eigenvalue weighted by Crippen LogP contribution is 2.20. The maximum Gasteiger partial charge on any atom is 0.228 e. The Morgan fingerprint density at radius 2 is 2.00 bits per heavy atom. The molecule has 19 heavy (non-hydrogen) atoms. The van der Waals surface area contributed by atoms with Crippen LogP contribution in [0.25, 0.3) is 0 Å². The summed E-state index contributed by atoms with van der Waals surface area (Å²) in [7, 11) is 0. The minimum atomic E-state index is -0.130. The number of hydrogen-bond acceptors (Lipinski definition) is 4. The van der Waals surface area contributed by atoms with Crippen LogP contribution >= 0.6 is 0 Å². The van der Waals surface area contributed by atoms with E-state index in [2.05, 4.69) is 15.5 Å². The molecule has 3 heterocycles. The first-order valence-electron chi connectivity index (χ1n) is 7.24. The summed E-state index contributed by atoms with van der Waals surface area (Å²) in [6.45, 7) is 6.46. The zero-order valence-electron chi connectivity index (χ0n) is 11.2. The molecule has 106 valence electrons. The molecule has 0 saturated carbocycles. The van der Waals surface area contributed by atoms with E-state index in [0.29, 0.717) is 19.0 Å². The van der Waals surface area contributed by atoms with Gasteiger partial charge in [0.15, 0.2) is 0 Å². The summed E-state index contributed by atoms with van der Waals surface area (Å²) in [6.07, 6.45) is 1.44. The highest BCUT2D eigenvalue weighted by molar-refractivity contribution is 5.89. The molecule has 0 aromatic carbocycles. The highest BCUT2D eigenvalue weighted by Gasteiger charge is 2.36. The quantitative estimate of drug-likeness (QED) is 0.647. The fourth-order valence-electron chi connectivity index (χ4n) is 3.33. The fraction of sp³-hybridized carbons (Fsp3) is 0.846. The number of piperazine rings is 1. The molecule has 0 aromatic rings. The zero-order chi connectivity index (χ0) is 13.2. The third kappa shape index (κ3) is 2.74. The highest BCUT2D eigenvalue weighted by atomic mass is 16.2. The van der Waals surface area contributed by atoms with Gasteiger partial charge in [0.2, 0.25) is 11.8 Å². The summed E-state index contributed by atoms with van der Waals surface area (Å²) >= 11 is 0. The molecule has 0 radical (unpaired) electrons. The van der Waals surface area contributed by atoms with Crippen molar-refractivity contribution in [3.05, 3.63) is 0 Å². The molecule has 6 nitrogen and oxygen atoms in total. The Balaban J connectivity index is 1.53. The summed E-state index contributed by atoms with van der Waals surface area (Å²) in [6, 6.07) is 0.510.